The van der Waals surface area contributed by atoms with E-state index in [4.69, 9.17) is 4.74 Å². The molecule has 0 radical (unpaired) electrons. The molecule has 0 aliphatic rings. The van der Waals surface area contributed by atoms with E-state index in [1.165, 1.54) is 6.20 Å². The summed E-state index contributed by atoms with van der Waals surface area (Å²) in [5.74, 6) is 0.714. The lowest BCUT2D eigenvalue weighted by atomic mass is 10.1. The molecule has 0 aliphatic heterocycles. The molecule has 2 amide bonds. The average Bonchev–Trinajstić information content (AvgIpc) is 2.97. The molecule has 2 rings (SSSR count). The van der Waals surface area contributed by atoms with Gasteiger partial charge in [-0.1, -0.05) is 12.1 Å². The Morgan fingerprint density at radius 3 is 2.80 bits per heavy atom. The smallest absolute Gasteiger partial charge is 0.319 e. The molecule has 1 atom stereocenters. The highest BCUT2D eigenvalue weighted by Gasteiger charge is 2.10. The number of nitrogens with one attached hydrogen (secondary N) is 3. The Labute approximate surface area is 116 Å². The topological polar surface area (TPSA) is 99.3 Å². The summed E-state index contributed by atoms with van der Waals surface area (Å²) in [6.45, 7) is 0.107. The maximum atomic E-state index is 11.6. The van der Waals surface area contributed by atoms with Crippen LogP contribution in [0.1, 0.15) is 11.7 Å². The number of nitrogens with zero attached hydrogens (tertiary/aromatic N) is 1. The molecule has 4 N–H and O–H groups in total. The van der Waals surface area contributed by atoms with Crippen LogP contribution < -0.4 is 15.4 Å². The first-order valence-electron chi connectivity index (χ1n) is 6.04. The third-order valence-corrected chi connectivity index (χ3v) is 2.71. The van der Waals surface area contributed by atoms with E-state index < -0.39 is 12.1 Å². The predicted octanol–water partition coefficient (Wildman–Crippen LogP) is 1.27. The first-order chi connectivity index (χ1) is 9.69. The largest absolute Gasteiger partial charge is 0.497 e. The van der Waals surface area contributed by atoms with Crippen LogP contribution in [0.3, 0.4) is 0 Å². The average molecular weight is 276 g/mol. The second-order valence-corrected chi connectivity index (χ2v) is 4.11. The van der Waals surface area contributed by atoms with Gasteiger partial charge in [0.15, 0.2) is 0 Å². The molecule has 0 saturated carbocycles. The molecule has 0 spiro atoms. The van der Waals surface area contributed by atoms with E-state index in [0.717, 1.165) is 0 Å². The summed E-state index contributed by atoms with van der Waals surface area (Å²) < 4.78 is 5.04. The van der Waals surface area contributed by atoms with Gasteiger partial charge >= 0.3 is 6.03 Å². The zero-order valence-corrected chi connectivity index (χ0v) is 11.0. The van der Waals surface area contributed by atoms with E-state index in [2.05, 4.69) is 20.8 Å². The molecule has 0 bridgehead atoms. The summed E-state index contributed by atoms with van der Waals surface area (Å²) in [7, 11) is 1.58. The molecule has 1 aromatic heterocycles. The highest BCUT2D eigenvalue weighted by Crippen LogP contribution is 2.16. The van der Waals surface area contributed by atoms with Crippen molar-refractivity contribution in [1.82, 2.24) is 15.5 Å². The molecule has 0 fully saturated rings. The van der Waals surface area contributed by atoms with Crippen LogP contribution >= 0.6 is 0 Å². The second kappa shape index (κ2) is 6.58. The van der Waals surface area contributed by atoms with E-state index in [1.54, 1.807) is 37.6 Å². The second-order valence-electron chi connectivity index (χ2n) is 4.11. The Morgan fingerprint density at radius 1 is 1.45 bits per heavy atom. The zero-order valence-electron chi connectivity index (χ0n) is 11.0. The van der Waals surface area contributed by atoms with E-state index in [0.29, 0.717) is 17.0 Å². The molecule has 7 heteroatoms. The molecule has 0 aliphatic carbocycles. The van der Waals surface area contributed by atoms with Gasteiger partial charge in [-0.05, 0) is 17.7 Å². The number of carbonyl (C=O) groups is 1. The number of methoxy groups -OCH3 is 1. The van der Waals surface area contributed by atoms with Crippen LogP contribution in [0.25, 0.3) is 0 Å². The van der Waals surface area contributed by atoms with Crippen LogP contribution in [-0.4, -0.2) is 35.0 Å². The van der Waals surface area contributed by atoms with Crippen molar-refractivity contribution in [2.75, 3.05) is 19.0 Å². The number of anilines is 1. The summed E-state index contributed by atoms with van der Waals surface area (Å²) >= 11 is 0. The van der Waals surface area contributed by atoms with Crippen molar-refractivity contribution in [3.05, 3.63) is 42.2 Å². The number of aliphatic hydroxyl groups is 1. The van der Waals surface area contributed by atoms with Gasteiger partial charge in [-0.3, -0.25) is 5.10 Å². The number of carbonyl (C=O) groups excluding carboxylic acids is 1. The minimum atomic E-state index is -0.781. The SMILES string of the molecule is COc1ccc([C@H](O)CNC(=O)Nc2cn[nH]c2)cc1. The Bertz CT molecular complexity index is 539. The predicted molar refractivity (Wildman–Crippen MR) is 73.6 cm³/mol. The van der Waals surface area contributed by atoms with Crippen molar-refractivity contribution in [2.45, 2.75) is 6.10 Å². The molecule has 7 nitrogen and oxygen atoms in total. The number of hydrogen-bond donors (Lipinski definition) is 4. The number of aromatic nitrogens is 2. The van der Waals surface area contributed by atoms with Gasteiger partial charge in [-0.25, -0.2) is 4.79 Å². The van der Waals surface area contributed by atoms with Crippen LogP contribution in [0.5, 0.6) is 5.75 Å². The third kappa shape index (κ3) is 3.72. The third-order valence-electron chi connectivity index (χ3n) is 2.71. The Hall–Kier alpha value is -2.54. The number of aliphatic hydroxyl groups excluding tert-OH is 1. The fraction of sp³-hybridized carbons (Fsp3) is 0.231. The van der Waals surface area contributed by atoms with Gasteiger partial charge in [0.2, 0.25) is 0 Å². The Morgan fingerprint density at radius 2 is 2.20 bits per heavy atom. The molecule has 2 aromatic rings. The molecule has 106 valence electrons. The molecular formula is C13H16N4O3. The maximum Gasteiger partial charge on any atom is 0.319 e. The monoisotopic (exact) mass is 276 g/mol. The van der Waals surface area contributed by atoms with Crippen molar-refractivity contribution in [1.29, 1.82) is 0 Å². The van der Waals surface area contributed by atoms with Crippen LogP contribution in [0, 0.1) is 0 Å². The number of rotatable bonds is 5. The van der Waals surface area contributed by atoms with Gasteiger partial charge in [-0.15, -0.1) is 0 Å². The highest BCUT2D eigenvalue weighted by molar-refractivity contribution is 5.88. The van der Waals surface area contributed by atoms with Gasteiger partial charge < -0.3 is 20.5 Å². The van der Waals surface area contributed by atoms with Crippen molar-refractivity contribution in [2.24, 2.45) is 0 Å². The lowest BCUT2D eigenvalue weighted by Crippen LogP contribution is -2.32. The van der Waals surface area contributed by atoms with Gasteiger partial charge in [0, 0.05) is 12.7 Å². The number of urea groups is 1. The maximum absolute atomic E-state index is 11.6. The summed E-state index contributed by atoms with van der Waals surface area (Å²) in [4.78, 5) is 11.6. The standard InChI is InChI=1S/C13H16N4O3/c1-20-11-4-2-9(3-5-11)12(18)8-14-13(19)17-10-6-15-16-7-10/h2-7,12,18H,8H2,1H3,(H,15,16)(H2,14,17,19)/t12-/m1/s1. The molecule has 20 heavy (non-hydrogen) atoms. The Balaban J connectivity index is 1.81. The number of amides is 2. The fourth-order valence-electron chi connectivity index (χ4n) is 1.63. The quantitative estimate of drug-likeness (QED) is 0.661. The van der Waals surface area contributed by atoms with Gasteiger partial charge in [0.25, 0.3) is 0 Å². The van der Waals surface area contributed by atoms with E-state index in [1.807, 2.05) is 0 Å². The number of ether oxygens (including phenoxy) is 1. The van der Waals surface area contributed by atoms with Crippen LogP contribution in [-0.2, 0) is 0 Å². The van der Waals surface area contributed by atoms with Gasteiger partial charge in [0.1, 0.15) is 5.75 Å². The summed E-state index contributed by atoms with van der Waals surface area (Å²) in [6, 6.07) is 6.60. The summed E-state index contributed by atoms with van der Waals surface area (Å²) in [6.07, 6.45) is 2.26. The van der Waals surface area contributed by atoms with Crippen molar-refractivity contribution in [3.8, 4) is 5.75 Å². The van der Waals surface area contributed by atoms with E-state index >= 15 is 0 Å². The molecule has 0 saturated heterocycles. The van der Waals surface area contributed by atoms with E-state index in [9.17, 15) is 9.90 Å². The van der Waals surface area contributed by atoms with Crippen molar-refractivity contribution in [3.63, 3.8) is 0 Å². The Kier molecular flexibility index (Phi) is 4.56. The van der Waals surface area contributed by atoms with Crippen LogP contribution in [0.2, 0.25) is 0 Å². The lowest BCUT2D eigenvalue weighted by Gasteiger charge is -2.13. The molecule has 1 heterocycles. The first kappa shape index (κ1) is 13.9. The van der Waals surface area contributed by atoms with Crippen molar-refractivity contribution >= 4 is 11.7 Å². The number of hydrogen-bond acceptors (Lipinski definition) is 4. The molecule has 1 aromatic carbocycles. The van der Waals surface area contributed by atoms with Gasteiger partial charge in [-0.2, -0.15) is 5.10 Å². The van der Waals surface area contributed by atoms with Crippen LogP contribution in [0.4, 0.5) is 10.5 Å². The minimum absolute atomic E-state index is 0.107. The minimum Gasteiger partial charge on any atom is -0.497 e. The number of aromatic amines is 1. The lowest BCUT2D eigenvalue weighted by molar-refractivity contribution is 0.175. The number of benzene rings is 1. The molecule has 0 unspecified atom stereocenters. The van der Waals surface area contributed by atoms with E-state index in [-0.39, 0.29) is 6.54 Å². The van der Waals surface area contributed by atoms with Gasteiger partial charge in [0.05, 0.1) is 25.1 Å². The van der Waals surface area contributed by atoms with Crippen LogP contribution in [0.15, 0.2) is 36.7 Å². The summed E-state index contributed by atoms with van der Waals surface area (Å²) in [5.41, 5.74) is 1.26. The highest BCUT2D eigenvalue weighted by atomic mass is 16.5. The first-order valence-corrected chi connectivity index (χ1v) is 6.04. The zero-order chi connectivity index (χ0) is 14.4. The fourth-order valence-corrected chi connectivity index (χ4v) is 1.63. The number of H-pyrrole nitrogens is 1. The van der Waals surface area contributed by atoms with Crippen molar-refractivity contribution < 1.29 is 14.6 Å². The normalized spacial score (nSPS) is 11.7. The molecular weight excluding hydrogens is 260 g/mol. The summed E-state index contributed by atoms with van der Waals surface area (Å²) in [5, 5.41) is 21.4.